The lowest BCUT2D eigenvalue weighted by molar-refractivity contribution is -0.148. The number of hydrogen-bond acceptors (Lipinski definition) is 15. The fourth-order valence-corrected chi connectivity index (χ4v) is 11.2. The van der Waals surface area contributed by atoms with Gasteiger partial charge in [0.25, 0.3) is 0 Å². The molecule has 25 nitrogen and oxygen atoms in total. The smallest absolute Gasteiger partial charge is 0.408 e. The number of carbonyl (C=O) groups is 10. The molecule has 4 aromatic carbocycles. The van der Waals surface area contributed by atoms with Crippen LogP contribution in [0.5, 0.6) is 0 Å². The van der Waals surface area contributed by atoms with E-state index < -0.39 is 71.9 Å². The second kappa shape index (κ2) is 33.8. The van der Waals surface area contributed by atoms with E-state index in [4.69, 9.17) is 9.84 Å². The van der Waals surface area contributed by atoms with E-state index in [1.807, 2.05) is 77.7 Å². The van der Waals surface area contributed by atoms with Crippen LogP contribution in [0.4, 0.5) is 4.79 Å². The highest BCUT2D eigenvalue weighted by Crippen LogP contribution is 2.32. The molecule has 0 radical (unpaired) electrons. The second-order valence-corrected chi connectivity index (χ2v) is 22.9. The molecule has 9 N–H and O–H groups in total. The number of rotatable bonds is 29. The van der Waals surface area contributed by atoms with E-state index in [9.17, 15) is 68.7 Å². The third kappa shape index (κ3) is 22.3. The average molecular weight is 1260 g/mol. The van der Waals surface area contributed by atoms with Crippen LogP contribution in [0, 0.1) is 11.8 Å². The number of fused-ring (bicyclic) bond motifs is 2. The minimum atomic E-state index is -1.73. The van der Waals surface area contributed by atoms with Gasteiger partial charge in [0.1, 0.15) is 12.1 Å². The van der Waals surface area contributed by atoms with Gasteiger partial charge >= 0.3 is 41.9 Å². The number of halogens is 1. The summed E-state index contributed by atoms with van der Waals surface area (Å²) in [5.74, 6) is -8.92. The first-order valence-corrected chi connectivity index (χ1v) is 29.6. The van der Waals surface area contributed by atoms with Gasteiger partial charge in [0.05, 0.1) is 26.2 Å². The maximum atomic E-state index is 15.4. The van der Waals surface area contributed by atoms with Crippen LogP contribution in [-0.2, 0) is 60.9 Å². The van der Waals surface area contributed by atoms with Crippen molar-refractivity contribution >= 4 is 97.1 Å². The van der Waals surface area contributed by atoms with Crippen LogP contribution >= 0.6 is 15.9 Å². The number of benzene rings is 4. The average Bonchev–Trinajstić information content (AvgIpc) is 1.34. The monoisotopic (exact) mass is 1260 g/mol. The van der Waals surface area contributed by atoms with Crippen molar-refractivity contribution in [2.24, 2.45) is 11.8 Å². The highest BCUT2D eigenvalue weighted by atomic mass is 79.9. The zero-order valence-electron chi connectivity index (χ0n) is 47.9. The SMILES string of the molecule is O=C(O)CCC[C@H](OC(=O)N[C@@H](CCCN(Cc1ccc(Br)cc1)C(=O)[C@H](Cc1c2ccccc2cc2ccccc12)NC(=O)[C@H]1CC[C@H](CNC(=O)CN2CCN(CC(=O)O)CCN(CC(=O)O)CCN(CC(=O)O)CC2)CC1)C(=O)O)C(=O)O. The molecule has 0 bridgehead atoms. The van der Waals surface area contributed by atoms with Crippen LogP contribution in [0.1, 0.15) is 68.9 Å². The van der Waals surface area contributed by atoms with Crippen LogP contribution < -0.4 is 16.0 Å². The van der Waals surface area contributed by atoms with Crippen molar-refractivity contribution < 1.29 is 83.3 Å². The Kier molecular flexibility index (Phi) is 26.5. The molecule has 6 rings (SSSR count). The van der Waals surface area contributed by atoms with E-state index in [1.165, 1.54) is 4.90 Å². The molecule has 86 heavy (non-hydrogen) atoms. The summed E-state index contributed by atoms with van der Waals surface area (Å²) in [6, 6.07) is 22.1. The molecule has 3 atom stereocenters. The fourth-order valence-electron chi connectivity index (χ4n) is 11.0. The normalized spacial score (nSPS) is 17.8. The molecule has 0 unspecified atom stereocenters. The molecule has 26 heteroatoms. The van der Waals surface area contributed by atoms with Gasteiger partial charge in [0.15, 0.2) is 0 Å². The van der Waals surface area contributed by atoms with Gasteiger partial charge in [-0.25, -0.2) is 14.4 Å². The fraction of sp³-hybridized carbons (Fsp3) is 0.500. The zero-order chi connectivity index (χ0) is 62.3. The summed E-state index contributed by atoms with van der Waals surface area (Å²) >= 11 is 3.46. The Morgan fingerprint density at radius 2 is 1.09 bits per heavy atom. The molecule has 4 aromatic rings. The molecule has 466 valence electrons. The van der Waals surface area contributed by atoms with Gasteiger partial charge in [0.2, 0.25) is 23.8 Å². The van der Waals surface area contributed by atoms with Gasteiger partial charge in [-0.15, -0.1) is 0 Å². The minimum absolute atomic E-state index is 0.00874. The molecule has 0 aromatic heterocycles. The number of carboxylic acid groups (broad SMARTS) is 6. The first-order chi connectivity index (χ1) is 41.1. The Hall–Kier alpha value is -7.78. The third-order valence-corrected chi connectivity index (χ3v) is 16.1. The molecular formula is C60H77BrN8O17. The van der Waals surface area contributed by atoms with Crippen molar-refractivity contribution in [3.8, 4) is 0 Å². The molecule has 1 saturated carbocycles. The number of ether oxygens (including phenoxy) is 1. The number of nitrogens with one attached hydrogen (secondary N) is 3. The summed E-state index contributed by atoms with van der Waals surface area (Å²) in [4.78, 5) is 135. The van der Waals surface area contributed by atoms with Gasteiger partial charge in [0, 0.05) is 95.2 Å². The molecule has 1 aliphatic heterocycles. The number of carboxylic acids is 6. The van der Waals surface area contributed by atoms with Crippen LogP contribution in [0.25, 0.3) is 21.5 Å². The van der Waals surface area contributed by atoms with E-state index in [2.05, 4.69) is 37.9 Å². The first kappa shape index (κ1) is 67.3. The summed E-state index contributed by atoms with van der Waals surface area (Å²) in [6.07, 6.45) is -1.96. The standard InChI is InChI=1S/C60H77BrN8O17/c61-44-20-16-40(17-21-44)34-69(22-6-11-48(58(81)82)64-60(85)86-50(59(83)84)12-5-13-52(71)72)57(80)49(32-47-45-9-3-1-7-42(45)31-43-8-2-4-10-46(43)47)63-56(79)41-18-14-39(15-19-41)33-62-51(70)35-65-23-25-66(36-53(73)74)27-29-68(38-55(77)78)30-28-67(26-24-65)37-54(75)76/h1-4,7-10,16-17,20-21,31,39,41,48-50H,5-6,11-15,18-19,22-30,32-38H2,(H,62,70)(H,63,79)(H,64,85)(H,71,72)(H,73,74)(H,75,76)(H,77,78)(H,81,82)(H,83,84)/t39-,41-,48-,49-,50-/m0/s1. The van der Waals surface area contributed by atoms with Crippen LogP contribution in [0.15, 0.2) is 83.3 Å². The summed E-state index contributed by atoms with van der Waals surface area (Å²) in [5, 5.41) is 69.4. The van der Waals surface area contributed by atoms with Crippen molar-refractivity contribution in [3.05, 3.63) is 94.5 Å². The molecule has 4 amide bonds. The molecule has 2 aliphatic rings. The van der Waals surface area contributed by atoms with Gasteiger partial charge in [-0.05, 0) is 108 Å². The summed E-state index contributed by atoms with van der Waals surface area (Å²) in [7, 11) is 0. The largest absolute Gasteiger partial charge is 0.481 e. The summed E-state index contributed by atoms with van der Waals surface area (Å²) < 4.78 is 5.78. The minimum Gasteiger partial charge on any atom is -0.481 e. The number of alkyl carbamates (subject to hydrolysis) is 1. The molecule has 1 heterocycles. The van der Waals surface area contributed by atoms with E-state index in [1.54, 1.807) is 14.7 Å². The number of nitrogens with zero attached hydrogens (tertiary/aromatic N) is 5. The topological polar surface area (TPSA) is 354 Å². The highest BCUT2D eigenvalue weighted by Gasteiger charge is 2.34. The molecule has 0 spiro atoms. The Morgan fingerprint density at radius 1 is 0.581 bits per heavy atom. The number of hydrogen-bond donors (Lipinski definition) is 9. The molecule has 1 aliphatic carbocycles. The third-order valence-electron chi connectivity index (χ3n) is 15.6. The Labute approximate surface area is 505 Å². The molecular weight excluding hydrogens is 1180 g/mol. The lowest BCUT2D eigenvalue weighted by Crippen LogP contribution is -2.51. The van der Waals surface area contributed by atoms with Crippen molar-refractivity contribution in [3.63, 3.8) is 0 Å². The lowest BCUT2D eigenvalue weighted by Gasteiger charge is -2.33. The lowest BCUT2D eigenvalue weighted by atomic mass is 9.81. The van der Waals surface area contributed by atoms with Gasteiger partial charge in [-0.1, -0.05) is 76.6 Å². The van der Waals surface area contributed by atoms with Crippen LogP contribution in [0.3, 0.4) is 0 Å². The van der Waals surface area contributed by atoms with Gasteiger partial charge < -0.3 is 56.2 Å². The zero-order valence-corrected chi connectivity index (χ0v) is 49.4. The van der Waals surface area contributed by atoms with E-state index in [0.29, 0.717) is 32.2 Å². The molecule has 2 fully saturated rings. The van der Waals surface area contributed by atoms with Gasteiger partial charge in [-0.2, -0.15) is 0 Å². The predicted molar refractivity (Wildman–Crippen MR) is 317 cm³/mol. The Bertz CT molecular complexity index is 2930. The first-order valence-electron chi connectivity index (χ1n) is 28.8. The van der Waals surface area contributed by atoms with E-state index in [0.717, 1.165) is 37.1 Å². The Balaban J connectivity index is 1.15. The van der Waals surface area contributed by atoms with Crippen LogP contribution in [-0.4, -0.2) is 225 Å². The van der Waals surface area contributed by atoms with Crippen molar-refractivity contribution in [1.82, 2.24) is 40.4 Å². The highest BCUT2D eigenvalue weighted by molar-refractivity contribution is 9.10. The Morgan fingerprint density at radius 3 is 1.58 bits per heavy atom. The van der Waals surface area contributed by atoms with Crippen LogP contribution in [0.2, 0.25) is 0 Å². The maximum absolute atomic E-state index is 15.4. The quantitative estimate of drug-likeness (QED) is 0.0348. The number of aliphatic carboxylic acids is 6. The van der Waals surface area contributed by atoms with E-state index >= 15 is 4.79 Å². The van der Waals surface area contributed by atoms with Crippen molar-refractivity contribution in [2.75, 3.05) is 91.6 Å². The van der Waals surface area contributed by atoms with Gasteiger partial charge in [-0.3, -0.25) is 53.2 Å². The van der Waals surface area contributed by atoms with E-state index in [-0.39, 0.29) is 148 Å². The van der Waals surface area contributed by atoms with Crippen molar-refractivity contribution in [1.29, 1.82) is 0 Å². The predicted octanol–water partition coefficient (Wildman–Crippen LogP) is 3.88. The molecule has 1 saturated heterocycles. The number of amides is 4. The number of carbonyl (C=O) groups excluding carboxylic acids is 4. The van der Waals surface area contributed by atoms with Crippen molar-refractivity contribution in [2.45, 2.75) is 88.9 Å². The second-order valence-electron chi connectivity index (χ2n) is 22.0. The summed E-state index contributed by atoms with van der Waals surface area (Å²) in [6.45, 7) is 1.42. The summed E-state index contributed by atoms with van der Waals surface area (Å²) in [5.41, 5.74) is 1.55. The maximum Gasteiger partial charge on any atom is 0.408 e.